The first-order chi connectivity index (χ1) is 12.1. The summed E-state index contributed by atoms with van der Waals surface area (Å²) in [5, 5.41) is 11.1. The number of thiophene rings is 1. The predicted octanol–water partition coefficient (Wildman–Crippen LogP) is 1.84. The number of aromatic nitrogens is 2. The van der Waals surface area contributed by atoms with E-state index in [-0.39, 0.29) is 17.7 Å². The van der Waals surface area contributed by atoms with Gasteiger partial charge >= 0.3 is 5.97 Å². The zero-order valence-corrected chi connectivity index (χ0v) is 14.6. The van der Waals surface area contributed by atoms with Crippen LogP contribution in [0.1, 0.15) is 19.3 Å². The molecule has 0 bridgehead atoms. The van der Waals surface area contributed by atoms with E-state index in [9.17, 15) is 9.59 Å². The lowest BCUT2D eigenvalue weighted by molar-refractivity contribution is -0.141. The number of carboxylic acids is 1. The Hall–Kier alpha value is -2.22. The lowest BCUT2D eigenvalue weighted by Crippen LogP contribution is -2.50. The van der Waals surface area contributed by atoms with Crippen molar-refractivity contribution < 1.29 is 14.7 Å². The van der Waals surface area contributed by atoms with Crippen molar-refractivity contribution in [3.05, 3.63) is 17.8 Å². The van der Waals surface area contributed by atoms with Gasteiger partial charge in [0, 0.05) is 32.1 Å². The number of rotatable bonds is 3. The number of hydrogen-bond donors (Lipinski definition) is 1. The first-order valence-electron chi connectivity index (χ1n) is 8.58. The number of amides is 1. The van der Waals surface area contributed by atoms with Crippen molar-refractivity contribution in [1.29, 1.82) is 0 Å². The Morgan fingerprint density at radius 1 is 1.12 bits per heavy atom. The van der Waals surface area contributed by atoms with Crippen molar-refractivity contribution in [3.8, 4) is 0 Å². The Labute approximate surface area is 149 Å². The van der Waals surface area contributed by atoms with Crippen LogP contribution in [0.25, 0.3) is 10.2 Å². The molecule has 0 spiro atoms. The number of carbonyl (C=O) groups is 2. The van der Waals surface area contributed by atoms with Crippen molar-refractivity contribution in [2.75, 3.05) is 31.1 Å². The molecule has 1 saturated heterocycles. The number of carbonyl (C=O) groups excluding carboxylic acids is 1. The fraction of sp³-hybridized carbons (Fsp3) is 0.529. The van der Waals surface area contributed by atoms with E-state index in [2.05, 4.69) is 14.9 Å². The molecule has 0 aromatic carbocycles. The summed E-state index contributed by atoms with van der Waals surface area (Å²) >= 11 is 1.64. The molecule has 2 aromatic heterocycles. The lowest BCUT2D eigenvalue weighted by Gasteiger charge is -2.36. The maximum atomic E-state index is 12.7. The quantitative estimate of drug-likeness (QED) is 0.899. The third-order valence-corrected chi connectivity index (χ3v) is 6.15. The average Bonchev–Trinajstić information content (AvgIpc) is 3.30. The number of aliphatic carboxylic acids is 1. The topological polar surface area (TPSA) is 86.6 Å². The number of piperazine rings is 1. The van der Waals surface area contributed by atoms with Crippen LogP contribution in [0.5, 0.6) is 0 Å². The van der Waals surface area contributed by atoms with Crippen LogP contribution in [0, 0.1) is 11.8 Å². The van der Waals surface area contributed by atoms with Gasteiger partial charge in [0.1, 0.15) is 12.1 Å². The minimum atomic E-state index is -0.774. The molecule has 2 aromatic rings. The van der Waals surface area contributed by atoms with Crippen molar-refractivity contribution in [2.45, 2.75) is 19.3 Å². The van der Waals surface area contributed by atoms with Crippen LogP contribution in [-0.4, -0.2) is 58.0 Å². The fourth-order valence-electron chi connectivity index (χ4n) is 3.83. The van der Waals surface area contributed by atoms with Gasteiger partial charge in [0.25, 0.3) is 0 Å². The van der Waals surface area contributed by atoms with Gasteiger partial charge in [0.05, 0.1) is 16.1 Å². The van der Waals surface area contributed by atoms with Gasteiger partial charge in [-0.05, 0) is 30.7 Å². The molecule has 4 rings (SSSR count). The molecule has 1 saturated carbocycles. The number of fused-ring (bicyclic) bond motifs is 1. The van der Waals surface area contributed by atoms with E-state index in [1.165, 1.54) is 0 Å². The van der Waals surface area contributed by atoms with Gasteiger partial charge in [-0.2, -0.15) is 0 Å². The summed E-state index contributed by atoms with van der Waals surface area (Å²) < 4.78 is 1.09. The highest BCUT2D eigenvalue weighted by Crippen LogP contribution is 2.33. The smallest absolute Gasteiger partial charge is 0.306 e. The predicted molar refractivity (Wildman–Crippen MR) is 94.7 cm³/mol. The average molecular weight is 360 g/mol. The van der Waals surface area contributed by atoms with Crippen LogP contribution in [0.4, 0.5) is 5.82 Å². The standard InChI is InChI=1S/C17H20N4O3S/c22-16(11-1-2-12(9-11)17(23)24)21-6-4-20(5-7-21)15-14-13(3-8-25-14)18-10-19-15/h3,8,10-12H,1-2,4-7,9H2,(H,23,24)/t11-,12+/m0/s1. The maximum absolute atomic E-state index is 12.7. The first-order valence-corrected chi connectivity index (χ1v) is 9.46. The Kier molecular flexibility index (Phi) is 4.29. The summed E-state index contributed by atoms with van der Waals surface area (Å²) in [6, 6.07) is 1.99. The van der Waals surface area contributed by atoms with E-state index in [0.29, 0.717) is 32.4 Å². The van der Waals surface area contributed by atoms with Gasteiger partial charge < -0.3 is 14.9 Å². The van der Waals surface area contributed by atoms with Gasteiger partial charge in [-0.25, -0.2) is 9.97 Å². The second-order valence-corrected chi connectivity index (χ2v) is 7.61. The molecule has 7 nitrogen and oxygen atoms in total. The van der Waals surface area contributed by atoms with Gasteiger partial charge in [-0.3, -0.25) is 9.59 Å². The summed E-state index contributed by atoms with van der Waals surface area (Å²) in [6.45, 7) is 2.80. The third-order valence-electron chi connectivity index (χ3n) is 5.25. The molecule has 1 amide bonds. The Balaban J connectivity index is 1.39. The molecule has 25 heavy (non-hydrogen) atoms. The van der Waals surface area contributed by atoms with E-state index in [1.807, 2.05) is 16.3 Å². The zero-order chi connectivity index (χ0) is 17.4. The number of carboxylic acid groups (broad SMARTS) is 1. The molecule has 1 aliphatic carbocycles. The van der Waals surface area contributed by atoms with Crippen LogP contribution in [-0.2, 0) is 9.59 Å². The Bertz CT molecular complexity index is 800. The molecule has 0 radical (unpaired) electrons. The highest BCUT2D eigenvalue weighted by atomic mass is 32.1. The number of nitrogens with zero attached hydrogens (tertiary/aromatic N) is 4. The van der Waals surface area contributed by atoms with E-state index in [1.54, 1.807) is 17.7 Å². The van der Waals surface area contributed by atoms with Crippen molar-refractivity contribution >= 4 is 39.2 Å². The van der Waals surface area contributed by atoms with Gasteiger partial charge in [0.15, 0.2) is 0 Å². The van der Waals surface area contributed by atoms with Crippen LogP contribution < -0.4 is 4.90 Å². The van der Waals surface area contributed by atoms with Crippen LogP contribution in [0.15, 0.2) is 17.8 Å². The zero-order valence-electron chi connectivity index (χ0n) is 13.8. The molecule has 0 unspecified atom stereocenters. The van der Waals surface area contributed by atoms with Crippen molar-refractivity contribution in [3.63, 3.8) is 0 Å². The largest absolute Gasteiger partial charge is 0.481 e. The highest BCUT2D eigenvalue weighted by molar-refractivity contribution is 7.17. The molecule has 3 heterocycles. The maximum Gasteiger partial charge on any atom is 0.306 e. The second-order valence-electron chi connectivity index (χ2n) is 6.69. The van der Waals surface area contributed by atoms with Gasteiger partial charge in [-0.1, -0.05) is 0 Å². The monoisotopic (exact) mass is 360 g/mol. The SMILES string of the molecule is O=C(O)[C@@H]1CC[C@H](C(=O)N2CCN(c3ncnc4ccsc34)CC2)C1. The van der Waals surface area contributed by atoms with Crippen LogP contribution >= 0.6 is 11.3 Å². The fourth-order valence-corrected chi connectivity index (χ4v) is 4.69. The van der Waals surface area contributed by atoms with Crippen LogP contribution in [0.3, 0.4) is 0 Å². The number of hydrogen-bond acceptors (Lipinski definition) is 6. The van der Waals surface area contributed by atoms with Gasteiger partial charge in [-0.15, -0.1) is 11.3 Å². The summed E-state index contributed by atoms with van der Waals surface area (Å²) in [6.07, 6.45) is 3.38. The number of anilines is 1. The molecule has 2 fully saturated rings. The van der Waals surface area contributed by atoms with Crippen LogP contribution in [0.2, 0.25) is 0 Å². The summed E-state index contributed by atoms with van der Waals surface area (Å²) in [5.74, 6) is -0.200. The first kappa shape index (κ1) is 16.3. The Morgan fingerprint density at radius 3 is 2.60 bits per heavy atom. The van der Waals surface area contributed by atoms with E-state index in [4.69, 9.17) is 5.11 Å². The summed E-state index contributed by atoms with van der Waals surface area (Å²) in [5.41, 5.74) is 0.958. The van der Waals surface area contributed by atoms with E-state index < -0.39 is 5.97 Å². The van der Waals surface area contributed by atoms with Crippen molar-refractivity contribution in [2.24, 2.45) is 11.8 Å². The van der Waals surface area contributed by atoms with Crippen molar-refractivity contribution in [1.82, 2.24) is 14.9 Å². The molecular formula is C17H20N4O3S. The van der Waals surface area contributed by atoms with E-state index >= 15 is 0 Å². The summed E-state index contributed by atoms with van der Waals surface area (Å²) in [4.78, 5) is 36.6. The Morgan fingerprint density at radius 2 is 1.88 bits per heavy atom. The summed E-state index contributed by atoms with van der Waals surface area (Å²) in [7, 11) is 0. The lowest BCUT2D eigenvalue weighted by atomic mass is 10.0. The third kappa shape index (κ3) is 3.06. The highest BCUT2D eigenvalue weighted by Gasteiger charge is 2.36. The normalized spacial score (nSPS) is 24.0. The molecule has 132 valence electrons. The molecular weight excluding hydrogens is 340 g/mol. The minimum absolute atomic E-state index is 0.118. The molecule has 2 atom stereocenters. The minimum Gasteiger partial charge on any atom is -0.481 e. The molecule has 1 N–H and O–H groups in total. The molecule has 8 heteroatoms. The van der Waals surface area contributed by atoms with Gasteiger partial charge in [0.2, 0.25) is 5.91 Å². The molecule has 2 aliphatic rings. The second kappa shape index (κ2) is 6.59. The van der Waals surface area contributed by atoms with E-state index in [0.717, 1.165) is 29.1 Å². The molecule has 1 aliphatic heterocycles.